The molecule has 0 bridgehead atoms. The highest BCUT2D eigenvalue weighted by Crippen LogP contribution is 2.27. The van der Waals surface area contributed by atoms with Gasteiger partial charge in [0.2, 0.25) is 6.29 Å². The SMILES string of the molecule is CO[C@H](O)c1c[n+]2c([nH]1)[C@H](O)[C@@H](O)[C@H](O)[C@H]2CO. The van der Waals surface area contributed by atoms with Crippen molar-refractivity contribution in [3.8, 4) is 0 Å². The maximum absolute atomic E-state index is 9.82. The molecule has 0 saturated heterocycles. The van der Waals surface area contributed by atoms with Crippen molar-refractivity contribution in [2.45, 2.75) is 30.6 Å². The first kappa shape index (κ1) is 13.4. The van der Waals surface area contributed by atoms with Crippen molar-refractivity contribution >= 4 is 0 Å². The fourth-order valence-corrected chi connectivity index (χ4v) is 2.15. The Morgan fingerprint density at radius 2 is 2.06 bits per heavy atom. The van der Waals surface area contributed by atoms with E-state index in [2.05, 4.69) is 4.98 Å². The van der Waals surface area contributed by atoms with Crippen LogP contribution in [0.1, 0.15) is 30.0 Å². The number of aromatic nitrogens is 2. The Labute approximate surface area is 103 Å². The lowest BCUT2D eigenvalue weighted by atomic mass is 9.96. The van der Waals surface area contributed by atoms with E-state index in [0.29, 0.717) is 0 Å². The first-order valence-corrected chi connectivity index (χ1v) is 5.51. The molecule has 8 heteroatoms. The van der Waals surface area contributed by atoms with Gasteiger partial charge < -0.3 is 30.3 Å². The minimum atomic E-state index is -1.41. The Morgan fingerprint density at radius 1 is 1.39 bits per heavy atom. The zero-order valence-electron chi connectivity index (χ0n) is 9.76. The van der Waals surface area contributed by atoms with Gasteiger partial charge in [0.05, 0.1) is 6.61 Å². The van der Waals surface area contributed by atoms with Gasteiger partial charge in [-0.15, -0.1) is 0 Å². The van der Waals surface area contributed by atoms with Crippen LogP contribution in [0.3, 0.4) is 0 Å². The Balaban J connectivity index is 2.44. The fraction of sp³-hybridized carbons (Fsp3) is 0.700. The van der Waals surface area contributed by atoms with Gasteiger partial charge in [0.25, 0.3) is 5.82 Å². The lowest BCUT2D eigenvalue weighted by molar-refractivity contribution is -0.750. The number of aliphatic hydroxyl groups excluding tert-OH is 5. The summed E-state index contributed by atoms with van der Waals surface area (Å²) in [6.45, 7) is -0.414. The van der Waals surface area contributed by atoms with Crippen LogP contribution < -0.4 is 4.57 Å². The molecule has 6 N–H and O–H groups in total. The van der Waals surface area contributed by atoms with E-state index in [1.54, 1.807) is 0 Å². The quantitative estimate of drug-likeness (QED) is 0.258. The molecule has 1 aliphatic heterocycles. The van der Waals surface area contributed by atoms with Crippen molar-refractivity contribution in [1.82, 2.24) is 4.98 Å². The van der Waals surface area contributed by atoms with E-state index in [4.69, 9.17) is 4.74 Å². The van der Waals surface area contributed by atoms with Crippen molar-refractivity contribution in [3.63, 3.8) is 0 Å². The van der Waals surface area contributed by atoms with Gasteiger partial charge in [-0.25, -0.2) is 9.55 Å². The molecular weight excluding hydrogens is 244 g/mol. The molecule has 1 aromatic rings. The van der Waals surface area contributed by atoms with Gasteiger partial charge in [-0.05, 0) is 0 Å². The number of fused-ring (bicyclic) bond motifs is 1. The minimum Gasteiger partial charge on any atom is -0.392 e. The van der Waals surface area contributed by atoms with Crippen LogP contribution in [0.4, 0.5) is 0 Å². The van der Waals surface area contributed by atoms with Gasteiger partial charge in [-0.3, -0.25) is 0 Å². The van der Waals surface area contributed by atoms with Gasteiger partial charge in [0.1, 0.15) is 18.4 Å². The molecule has 8 nitrogen and oxygen atoms in total. The summed E-state index contributed by atoms with van der Waals surface area (Å²) in [7, 11) is 1.30. The molecule has 0 aromatic carbocycles. The van der Waals surface area contributed by atoms with Gasteiger partial charge in [0, 0.05) is 7.11 Å². The molecule has 1 aromatic heterocycles. The molecule has 2 rings (SSSR count). The molecule has 102 valence electrons. The third-order valence-electron chi connectivity index (χ3n) is 3.21. The van der Waals surface area contributed by atoms with Gasteiger partial charge >= 0.3 is 0 Å². The molecular formula is C10H17N2O6+. The Hall–Kier alpha value is -1.03. The summed E-state index contributed by atoms with van der Waals surface area (Å²) in [6.07, 6.45) is -3.84. The summed E-state index contributed by atoms with van der Waals surface area (Å²) >= 11 is 0. The van der Waals surface area contributed by atoms with Crippen LogP contribution in [0, 0.1) is 0 Å². The molecule has 0 fully saturated rings. The van der Waals surface area contributed by atoms with Crippen molar-refractivity contribution in [2.24, 2.45) is 0 Å². The number of methoxy groups -OCH3 is 1. The monoisotopic (exact) mass is 261 g/mol. The topological polar surface area (TPSA) is 130 Å². The number of H-pyrrole nitrogens is 1. The van der Waals surface area contributed by atoms with E-state index in [1.165, 1.54) is 17.9 Å². The van der Waals surface area contributed by atoms with Crippen molar-refractivity contribution in [2.75, 3.05) is 13.7 Å². The number of ether oxygens (including phenoxy) is 1. The van der Waals surface area contributed by atoms with Gasteiger partial charge in [-0.1, -0.05) is 0 Å². The van der Waals surface area contributed by atoms with E-state index in [0.717, 1.165) is 0 Å². The van der Waals surface area contributed by atoms with Crippen LogP contribution >= 0.6 is 0 Å². The second-order valence-electron chi connectivity index (χ2n) is 4.27. The van der Waals surface area contributed by atoms with E-state index in [-0.39, 0.29) is 11.5 Å². The fourth-order valence-electron chi connectivity index (χ4n) is 2.15. The standard InChI is InChI=1S/C10H16N2O6/c1-18-10(17)4-2-12-5(3-13)6(14)7(15)8(16)9(12)11-4/h2,5-8,10,13-17H,3H2,1H3/p+1/t5-,6-,7+,8-,10+/m1/s1. The highest BCUT2D eigenvalue weighted by molar-refractivity contribution is 5.03. The molecule has 0 saturated carbocycles. The summed E-state index contributed by atoms with van der Waals surface area (Å²) in [4.78, 5) is 2.71. The number of aliphatic hydroxyl groups is 5. The molecule has 18 heavy (non-hydrogen) atoms. The van der Waals surface area contributed by atoms with Crippen molar-refractivity contribution in [1.29, 1.82) is 0 Å². The summed E-state index contributed by atoms with van der Waals surface area (Å²) in [6, 6.07) is -0.799. The lowest BCUT2D eigenvalue weighted by Gasteiger charge is -2.30. The Bertz CT molecular complexity index is 423. The Kier molecular flexibility index (Phi) is 3.66. The summed E-state index contributed by atoms with van der Waals surface area (Å²) in [5.41, 5.74) is 0.256. The lowest BCUT2D eigenvalue weighted by Crippen LogP contribution is -2.59. The molecule has 5 atom stereocenters. The van der Waals surface area contributed by atoms with Crippen molar-refractivity contribution < 1.29 is 34.8 Å². The molecule has 0 unspecified atom stereocenters. The Morgan fingerprint density at radius 3 is 2.61 bits per heavy atom. The molecule has 1 aliphatic rings. The zero-order chi connectivity index (χ0) is 13.4. The van der Waals surface area contributed by atoms with E-state index >= 15 is 0 Å². The average molecular weight is 261 g/mol. The smallest absolute Gasteiger partial charge is 0.287 e. The van der Waals surface area contributed by atoms with Crippen molar-refractivity contribution in [3.05, 3.63) is 17.7 Å². The van der Waals surface area contributed by atoms with E-state index in [9.17, 15) is 25.5 Å². The summed E-state index contributed by atoms with van der Waals surface area (Å²) < 4.78 is 6.10. The normalized spacial score (nSPS) is 33.2. The van der Waals surface area contributed by atoms with E-state index < -0.39 is 37.3 Å². The van der Waals surface area contributed by atoms with Crippen LogP contribution in [-0.2, 0) is 4.74 Å². The largest absolute Gasteiger partial charge is 0.392 e. The van der Waals surface area contributed by atoms with Crippen LogP contribution in [0.15, 0.2) is 6.20 Å². The third-order valence-corrected chi connectivity index (χ3v) is 3.21. The highest BCUT2D eigenvalue weighted by Gasteiger charge is 2.47. The molecule has 0 radical (unpaired) electrons. The number of aromatic amines is 1. The van der Waals surface area contributed by atoms with Crippen LogP contribution in [0.2, 0.25) is 0 Å². The number of hydrogen-bond acceptors (Lipinski definition) is 6. The number of nitrogens with zero attached hydrogens (tertiary/aromatic N) is 1. The molecule has 0 amide bonds. The maximum atomic E-state index is 9.82. The second kappa shape index (κ2) is 4.92. The first-order chi connectivity index (χ1) is 8.51. The predicted octanol–water partition coefficient (Wildman–Crippen LogP) is -2.76. The maximum Gasteiger partial charge on any atom is 0.287 e. The third kappa shape index (κ3) is 1.92. The predicted molar refractivity (Wildman–Crippen MR) is 56.1 cm³/mol. The molecule has 0 aliphatic carbocycles. The van der Waals surface area contributed by atoms with Gasteiger partial charge in [0.15, 0.2) is 17.8 Å². The number of nitrogens with one attached hydrogen (secondary N) is 1. The van der Waals surface area contributed by atoms with Crippen LogP contribution in [-0.4, -0.2) is 56.4 Å². The number of rotatable bonds is 3. The number of hydrogen-bond donors (Lipinski definition) is 6. The first-order valence-electron chi connectivity index (χ1n) is 5.51. The van der Waals surface area contributed by atoms with Crippen LogP contribution in [0.5, 0.6) is 0 Å². The highest BCUT2D eigenvalue weighted by atomic mass is 16.6. The molecule has 2 heterocycles. The summed E-state index contributed by atoms with van der Waals surface area (Å²) in [5, 5.41) is 48.0. The molecule has 0 spiro atoms. The number of imidazole rings is 1. The van der Waals surface area contributed by atoms with Gasteiger partial charge in [-0.2, -0.15) is 0 Å². The summed E-state index contributed by atoms with van der Waals surface area (Å²) in [5.74, 6) is 0.193. The van der Waals surface area contributed by atoms with Crippen LogP contribution in [0.25, 0.3) is 0 Å². The second-order valence-corrected chi connectivity index (χ2v) is 4.27. The zero-order valence-corrected chi connectivity index (χ0v) is 9.76. The van der Waals surface area contributed by atoms with E-state index in [1.807, 2.05) is 0 Å². The average Bonchev–Trinajstić information content (AvgIpc) is 2.81. The minimum absolute atomic E-state index is 0.193.